The molecule has 2 aliphatic rings. The SMILES string of the molecule is O=C(c1ccccc1F)N1CCCC(Cc2nncn2CC2CC2)C1. The van der Waals surface area contributed by atoms with E-state index in [-0.39, 0.29) is 11.5 Å². The molecule has 0 N–H and O–H groups in total. The molecular weight excluding hydrogens is 319 g/mol. The molecule has 5 nitrogen and oxygen atoms in total. The number of likely N-dealkylation sites (tertiary alicyclic amines) is 1. The molecule has 4 rings (SSSR count). The summed E-state index contributed by atoms with van der Waals surface area (Å²) in [5.74, 6) is 1.49. The van der Waals surface area contributed by atoms with Crippen LogP contribution in [0.25, 0.3) is 0 Å². The molecule has 1 aliphatic heterocycles. The summed E-state index contributed by atoms with van der Waals surface area (Å²) in [6.45, 7) is 2.36. The Morgan fingerprint density at radius 3 is 2.84 bits per heavy atom. The number of nitrogens with zero attached hydrogens (tertiary/aromatic N) is 4. The number of carbonyl (C=O) groups is 1. The maximum atomic E-state index is 13.9. The molecule has 1 saturated carbocycles. The Morgan fingerprint density at radius 2 is 2.04 bits per heavy atom. The van der Waals surface area contributed by atoms with Crippen molar-refractivity contribution in [3.63, 3.8) is 0 Å². The zero-order valence-corrected chi connectivity index (χ0v) is 14.3. The summed E-state index contributed by atoms with van der Waals surface area (Å²) in [5.41, 5.74) is 0.167. The molecule has 2 heterocycles. The van der Waals surface area contributed by atoms with Crippen molar-refractivity contribution in [1.82, 2.24) is 19.7 Å². The van der Waals surface area contributed by atoms with Crippen LogP contribution in [0.2, 0.25) is 0 Å². The highest BCUT2D eigenvalue weighted by atomic mass is 19.1. The minimum atomic E-state index is -0.446. The Morgan fingerprint density at radius 1 is 1.20 bits per heavy atom. The van der Waals surface area contributed by atoms with Gasteiger partial charge >= 0.3 is 0 Å². The summed E-state index contributed by atoms with van der Waals surface area (Å²) in [4.78, 5) is 14.4. The standard InChI is InChI=1S/C19H23FN4O/c20-17-6-2-1-5-16(17)19(25)23-9-3-4-15(12-23)10-18-22-21-13-24(18)11-14-7-8-14/h1-2,5-6,13-15H,3-4,7-12H2. The van der Waals surface area contributed by atoms with Crippen LogP contribution in [0.15, 0.2) is 30.6 Å². The van der Waals surface area contributed by atoms with Crippen molar-refractivity contribution in [1.29, 1.82) is 0 Å². The van der Waals surface area contributed by atoms with Gasteiger partial charge in [0, 0.05) is 26.1 Å². The van der Waals surface area contributed by atoms with Gasteiger partial charge in [-0.05, 0) is 49.7 Å². The summed E-state index contributed by atoms with van der Waals surface area (Å²) < 4.78 is 16.1. The molecule has 1 saturated heterocycles. The number of amides is 1. The van der Waals surface area contributed by atoms with Crippen LogP contribution < -0.4 is 0 Å². The van der Waals surface area contributed by atoms with Gasteiger partial charge in [-0.25, -0.2) is 4.39 Å². The first-order valence-corrected chi connectivity index (χ1v) is 9.11. The lowest BCUT2D eigenvalue weighted by atomic mass is 9.94. The number of rotatable bonds is 5. The lowest BCUT2D eigenvalue weighted by Gasteiger charge is -2.32. The van der Waals surface area contributed by atoms with E-state index in [1.165, 1.54) is 18.9 Å². The average Bonchev–Trinajstić information content (AvgIpc) is 3.34. The van der Waals surface area contributed by atoms with Crippen LogP contribution >= 0.6 is 0 Å². The molecule has 6 heteroatoms. The van der Waals surface area contributed by atoms with E-state index in [4.69, 9.17) is 0 Å². The third-order valence-electron chi connectivity index (χ3n) is 5.23. The normalized spacial score (nSPS) is 20.7. The smallest absolute Gasteiger partial charge is 0.256 e. The van der Waals surface area contributed by atoms with Crippen LogP contribution in [0, 0.1) is 17.7 Å². The lowest BCUT2D eigenvalue weighted by Crippen LogP contribution is -2.41. The van der Waals surface area contributed by atoms with Crippen LogP contribution in [0.5, 0.6) is 0 Å². The first kappa shape index (κ1) is 16.2. The van der Waals surface area contributed by atoms with Crippen molar-refractivity contribution in [3.05, 3.63) is 47.8 Å². The van der Waals surface area contributed by atoms with E-state index in [0.29, 0.717) is 19.0 Å². The first-order valence-electron chi connectivity index (χ1n) is 9.11. The summed E-state index contributed by atoms with van der Waals surface area (Å²) in [6, 6.07) is 6.22. The maximum Gasteiger partial charge on any atom is 0.256 e. The molecule has 0 radical (unpaired) electrons. The van der Waals surface area contributed by atoms with Gasteiger partial charge in [0.05, 0.1) is 5.56 Å². The quantitative estimate of drug-likeness (QED) is 0.839. The highest BCUT2D eigenvalue weighted by Crippen LogP contribution is 2.31. The predicted octanol–water partition coefficient (Wildman–Crippen LogP) is 2.92. The second kappa shape index (κ2) is 6.94. The summed E-state index contributed by atoms with van der Waals surface area (Å²) in [5, 5.41) is 8.35. The molecule has 1 atom stereocenters. The number of hydrogen-bond donors (Lipinski definition) is 0. The summed E-state index contributed by atoms with van der Waals surface area (Å²) in [6.07, 6.45) is 7.25. The Hall–Kier alpha value is -2.24. The van der Waals surface area contributed by atoms with Gasteiger partial charge in [-0.3, -0.25) is 4.79 Å². The second-order valence-corrected chi connectivity index (χ2v) is 7.29. The van der Waals surface area contributed by atoms with Crippen LogP contribution in [-0.4, -0.2) is 38.7 Å². The van der Waals surface area contributed by atoms with E-state index >= 15 is 0 Å². The van der Waals surface area contributed by atoms with Crippen LogP contribution in [-0.2, 0) is 13.0 Å². The Balaban J connectivity index is 1.42. The molecule has 0 bridgehead atoms. The van der Waals surface area contributed by atoms with Crippen molar-refractivity contribution < 1.29 is 9.18 Å². The molecule has 1 unspecified atom stereocenters. The number of hydrogen-bond acceptors (Lipinski definition) is 3. The van der Waals surface area contributed by atoms with E-state index in [1.54, 1.807) is 23.1 Å². The van der Waals surface area contributed by atoms with Crippen molar-refractivity contribution in [2.45, 2.75) is 38.6 Å². The second-order valence-electron chi connectivity index (χ2n) is 7.29. The Labute approximate surface area is 146 Å². The van der Waals surface area contributed by atoms with Gasteiger partial charge in [0.1, 0.15) is 18.0 Å². The zero-order chi connectivity index (χ0) is 17.2. The van der Waals surface area contributed by atoms with Crippen LogP contribution in [0.4, 0.5) is 4.39 Å². The summed E-state index contributed by atoms with van der Waals surface area (Å²) >= 11 is 0. The van der Waals surface area contributed by atoms with Gasteiger partial charge in [-0.15, -0.1) is 10.2 Å². The van der Waals surface area contributed by atoms with Crippen molar-refractivity contribution in [2.24, 2.45) is 11.8 Å². The zero-order valence-electron chi connectivity index (χ0n) is 14.3. The number of benzene rings is 1. The number of halogens is 1. The third kappa shape index (κ3) is 3.72. The molecule has 2 fully saturated rings. The van der Waals surface area contributed by atoms with E-state index in [1.807, 2.05) is 6.33 Å². The minimum absolute atomic E-state index is 0.167. The molecule has 0 spiro atoms. The molecule has 1 amide bonds. The van der Waals surface area contributed by atoms with Gasteiger partial charge in [0.25, 0.3) is 5.91 Å². The number of piperidine rings is 1. The highest BCUT2D eigenvalue weighted by Gasteiger charge is 2.28. The van der Waals surface area contributed by atoms with Gasteiger partial charge in [-0.2, -0.15) is 0 Å². The van der Waals surface area contributed by atoms with Crippen molar-refractivity contribution >= 4 is 5.91 Å². The minimum Gasteiger partial charge on any atom is -0.338 e. The highest BCUT2D eigenvalue weighted by molar-refractivity contribution is 5.94. The largest absolute Gasteiger partial charge is 0.338 e. The Bertz CT molecular complexity index is 755. The summed E-state index contributed by atoms with van der Waals surface area (Å²) in [7, 11) is 0. The monoisotopic (exact) mass is 342 g/mol. The lowest BCUT2D eigenvalue weighted by molar-refractivity contribution is 0.0667. The van der Waals surface area contributed by atoms with Crippen molar-refractivity contribution in [3.8, 4) is 0 Å². The van der Waals surface area contributed by atoms with E-state index in [2.05, 4.69) is 14.8 Å². The molecule has 132 valence electrons. The molecule has 2 aromatic rings. The van der Waals surface area contributed by atoms with E-state index in [9.17, 15) is 9.18 Å². The number of aromatic nitrogens is 3. The third-order valence-corrected chi connectivity index (χ3v) is 5.23. The average molecular weight is 342 g/mol. The van der Waals surface area contributed by atoms with E-state index in [0.717, 1.165) is 37.5 Å². The van der Waals surface area contributed by atoms with Gasteiger partial charge < -0.3 is 9.47 Å². The fourth-order valence-electron chi connectivity index (χ4n) is 3.65. The van der Waals surface area contributed by atoms with Gasteiger partial charge in [-0.1, -0.05) is 12.1 Å². The molecule has 1 aliphatic carbocycles. The van der Waals surface area contributed by atoms with Crippen molar-refractivity contribution in [2.75, 3.05) is 13.1 Å². The predicted molar refractivity (Wildman–Crippen MR) is 91.5 cm³/mol. The van der Waals surface area contributed by atoms with Gasteiger partial charge in [0.2, 0.25) is 0 Å². The van der Waals surface area contributed by atoms with Gasteiger partial charge in [0.15, 0.2) is 0 Å². The first-order chi connectivity index (χ1) is 12.2. The molecule has 25 heavy (non-hydrogen) atoms. The maximum absolute atomic E-state index is 13.9. The van der Waals surface area contributed by atoms with Crippen LogP contribution in [0.1, 0.15) is 41.9 Å². The molecule has 1 aromatic carbocycles. The van der Waals surface area contributed by atoms with E-state index < -0.39 is 5.82 Å². The molecular formula is C19H23FN4O. The molecule has 1 aromatic heterocycles. The van der Waals surface area contributed by atoms with Crippen LogP contribution in [0.3, 0.4) is 0 Å². The number of carbonyl (C=O) groups excluding carboxylic acids is 1. The Kier molecular flexibility index (Phi) is 4.51. The fraction of sp³-hybridized carbons (Fsp3) is 0.526. The topological polar surface area (TPSA) is 51.0 Å². The fourth-order valence-corrected chi connectivity index (χ4v) is 3.65.